The minimum Gasteiger partial charge on any atom is -0.468 e. The largest absolute Gasteiger partial charge is 0.468 e. The summed E-state index contributed by atoms with van der Waals surface area (Å²) in [5.41, 5.74) is 5.02. The van der Waals surface area contributed by atoms with Crippen molar-refractivity contribution in [1.29, 1.82) is 0 Å². The Kier molecular flexibility index (Phi) is 7.15. The van der Waals surface area contributed by atoms with E-state index in [4.69, 9.17) is 4.74 Å². The van der Waals surface area contributed by atoms with Crippen molar-refractivity contribution < 1.29 is 14.3 Å². The molecule has 0 atom stereocenters. The van der Waals surface area contributed by atoms with Crippen LogP contribution >= 0.6 is 0 Å². The summed E-state index contributed by atoms with van der Waals surface area (Å²) in [5, 5.41) is 2.99. The number of amides is 1. The van der Waals surface area contributed by atoms with E-state index in [1.807, 2.05) is 71.3 Å². The van der Waals surface area contributed by atoms with Gasteiger partial charge in [-0.15, -0.1) is 0 Å². The van der Waals surface area contributed by atoms with Crippen molar-refractivity contribution >= 4 is 22.9 Å². The van der Waals surface area contributed by atoms with Gasteiger partial charge in [0.25, 0.3) is 0 Å². The number of esters is 1. The molecule has 3 aromatic carbocycles. The molecule has 0 fully saturated rings. The Labute approximate surface area is 193 Å². The van der Waals surface area contributed by atoms with Gasteiger partial charge in [-0.2, -0.15) is 0 Å². The number of aryl methyl sites for hydroxylation is 1. The molecule has 1 aromatic heterocycles. The highest BCUT2D eigenvalue weighted by molar-refractivity contribution is 5.79. The molecule has 0 unspecified atom stereocenters. The number of aromatic nitrogens is 2. The lowest BCUT2D eigenvalue weighted by Gasteiger charge is -2.09. The highest BCUT2D eigenvalue weighted by Gasteiger charge is 2.13. The Morgan fingerprint density at radius 1 is 0.909 bits per heavy atom. The molecule has 4 rings (SSSR count). The Bertz CT molecular complexity index is 1230. The van der Waals surface area contributed by atoms with E-state index in [9.17, 15) is 9.59 Å². The van der Waals surface area contributed by atoms with E-state index in [1.54, 1.807) is 0 Å². The average molecular weight is 442 g/mol. The molecule has 0 spiro atoms. The fraction of sp³-hybridized carbons (Fsp3) is 0.222. The van der Waals surface area contributed by atoms with Crippen LogP contribution in [0.5, 0.6) is 0 Å². The summed E-state index contributed by atoms with van der Waals surface area (Å²) >= 11 is 0. The van der Waals surface area contributed by atoms with E-state index >= 15 is 0 Å². The maximum atomic E-state index is 12.4. The summed E-state index contributed by atoms with van der Waals surface area (Å²) in [7, 11) is 1.38. The molecule has 1 amide bonds. The minimum atomic E-state index is -0.314. The van der Waals surface area contributed by atoms with E-state index in [0.717, 1.165) is 40.0 Å². The summed E-state index contributed by atoms with van der Waals surface area (Å²) in [5.74, 6) is 0.490. The highest BCUT2D eigenvalue weighted by Crippen LogP contribution is 2.20. The number of rotatable bonds is 9. The van der Waals surface area contributed by atoms with E-state index in [0.29, 0.717) is 19.4 Å². The van der Waals surface area contributed by atoms with Crippen LogP contribution in [0.15, 0.2) is 78.9 Å². The third-order valence-corrected chi connectivity index (χ3v) is 5.57. The first kappa shape index (κ1) is 22.3. The van der Waals surface area contributed by atoms with Crippen molar-refractivity contribution in [2.24, 2.45) is 0 Å². The van der Waals surface area contributed by atoms with Gasteiger partial charge in [0.05, 0.1) is 24.6 Å². The maximum absolute atomic E-state index is 12.4. The Morgan fingerprint density at radius 2 is 1.61 bits per heavy atom. The number of para-hydroxylation sites is 2. The second kappa shape index (κ2) is 10.6. The zero-order chi connectivity index (χ0) is 23.0. The van der Waals surface area contributed by atoms with Gasteiger partial charge in [0.2, 0.25) is 5.91 Å². The monoisotopic (exact) mass is 441 g/mol. The van der Waals surface area contributed by atoms with E-state index in [1.165, 1.54) is 7.11 Å². The van der Waals surface area contributed by atoms with Crippen LogP contribution in [0.1, 0.15) is 17.8 Å². The molecule has 4 aromatic rings. The van der Waals surface area contributed by atoms with Crippen molar-refractivity contribution in [3.63, 3.8) is 0 Å². The molecule has 0 bridgehead atoms. The highest BCUT2D eigenvalue weighted by atomic mass is 16.5. The number of nitrogens with one attached hydrogen (secondary N) is 1. The van der Waals surface area contributed by atoms with Gasteiger partial charge >= 0.3 is 5.97 Å². The van der Waals surface area contributed by atoms with Gasteiger partial charge in [-0.25, -0.2) is 4.98 Å². The quantitative estimate of drug-likeness (QED) is 0.313. The van der Waals surface area contributed by atoms with Gasteiger partial charge in [0, 0.05) is 13.0 Å². The molecule has 0 radical (unpaired) electrons. The summed E-state index contributed by atoms with van der Waals surface area (Å²) in [6, 6.07) is 26.0. The number of fused-ring (bicyclic) bond motifs is 1. The minimum absolute atomic E-state index is 0.00877. The third kappa shape index (κ3) is 5.66. The van der Waals surface area contributed by atoms with E-state index < -0.39 is 0 Å². The van der Waals surface area contributed by atoms with Gasteiger partial charge in [-0.1, -0.05) is 66.7 Å². The van der Waals surface area contributed by atoms with Gasteiger partial charge in [0.15, 0.2) is 0 Å². The van der Waals surface area contributed by atoms with Gasteiger partial charge < -0.3 is 14.6 Å². The number of imidazole rings is 1. The van der Waals surface area contributed by atoms with Crippen LogP contribution < -0.4 is 5.32 Å². The number of hydrogen-bond acceptors (Lipinski definition) is 4. The van der Waals surface area contributed by atoms with Gasteiger partial charge in [-0.05, 0) is 35.2 Å². The molecule has 33 heavy (non-hydrogen) atoms. The lowest BCUT2D eigenvalue weighted by molar-refractivity contribution is -0.141. The Morgan fingerprint density at radius 3 is 2.36 bits per heavy atom. The molecule has 0 aliphatic heterocycles. The smallest absolute Gasteiger partial charge is 0.325 e. The second-order valence-electron chi connectivity index (χ2n) is 7.87. The van der Waals surface area contributed by atoms with Gasteiger partial charge in [0.1, 0.15) is 12.4 Å². The number of carbonyl (C=O) groups excluding carboxylic acids is 2. The second-order valence-corrected chi connectivity index (χ2v) is 7.87. The first-order valence-corrected chi connectivity index (χ1v) is 11.1. The van der Waals surface area contributed by atoms with Crippen molar-refractivity contribution in [3.05, 3.63) is 90.3 Å². The number of benzene rings is 3. The number of methoxy groups -OCH3 is 1. The van der Waals surface area contributed by atoms with Gasteiger partial charge in [-0.3, -0.25) is 9.59 Å². The summed E-state index contributed by atoms with van der Waals surface area (Å²) in [6.45, 7) is 0.667. The molecule has 0 aliphatic carbocycles. The normalized spacial score (nSPS) is 10.8. The molecule has 0 saturated heterocycles. The molecule has 168 valence electrons. The average Bonchev–Trinajstić information content (AvgIpc) is 3.20. The third-order valence-electron chi connectivity index (χ3n) is 5.57. The molecule has 6 heteroatoms. The van der Waals surface area contributed by atoms with Crippen molar-refractivity contribution in [1.82, 2.24) is 14.9 Å². The predicted octanol–water partition coefficient (Wildman–Crippen LogP) is 4.17. The molecule has 6 nitrogen and oxygen atoms in total. The van der Waals surface area contributed by atoms with Crippen LogP contribution in [0.3, 0.4) is 0 Å². The fourth-order valence-electron chi connectivity index (χ4n) is 3.85. The summed E-state index contributed by atoms with van der Waals surface area (Å²) in [4.78, 5) is 28.9. The van der Waals surface area contributed by atoms with Crippen molar-refractivity contribution in [3.8, 4) is 11.1 Å². The van der Waals surface area contributed by atoms with E-state index in [-0.39, 0.29) is 18.4 Å². The topological polar surface area (TPSA) is 73.2 Å². The van der Waals surface area contributed by atoms with Crippen LogP contribution in [0.4, 0.5) is 0 Å². The van der Waals surface area contributed by atoms with Crippen LogP contribution in [0.2, 0.25) is 0 Å². The van der Waals surface area contributed by atoms with Crippen molar-refractivity contribution in [2.75, 3.05) is 13.7 Å². The molecule has 0 aliphatic rings. The van der Waals surface area contributed by atoms with Crippen LogP contribution in [-0.4, -0.2) is 35.1 Å². The Hall–Kier alpha value is -3.93. The lowest BCUT2D eigenvalue weighted by Crippen LogP contribution is -2.26. The van der Waals surface area contributed by atoms with Crippen molar-refractivity contribution in [2.45, 2.75) is 25.8 Å². The number of carbonyl (C=O) groups is 2. The molecular formula is C27H27N3O3. The predicted molar refractivity (Wildman–Crippen MR) is 129 cm³/mol. The number of hydrogen-bond donors (Lipinski definition) is 1. The van der Waals surface area contributed by atoms with Crippen LogP contribution in [0, 0.1) is 0 Å². The molecule has 0 saturated carbocycles. The first-order valence-electron chi connectivity index (χ1n) is 11.1. The molecular weight excluding hydrogens is 414 g/mol. The lowest BCUT2D eigenvalue weighted by atomic mass is 10.0. The summed E-state index contributed by atoms with van der Waals surface area (Å²) < 4.78 is 6.72. The maximum Gasteiger partial charge on any atom is 0.325 e. The summed E-state index contributed by atoms with van der Waals surface area (Å²) in [6.07, 6.45) is 1.72. The first-order chi connectivity index (χ1) is 16.1. The zero-order valence-corrected chi connectivity index (χ0v) is 18.7. The Balaban J connectivity index is 1.29. The SMILES string of the molecule is COC(=O)Cn1c(CCCNC(=O)Cc2ccc(-c3ccccc3)cc2)nc2ccccc21. The van der Waals surface area contributed by atoms with Crippen LogP contribution in [-0.2, 0) is 33.7 Å². The molecule has 1 heterocycles. The van der Waals surface area contributed by atoms with Crippen LogP contribution in [0.25, 0.3) is 22.2 Å². The number of ether oxygens (including phenoxy) is 1. The molecule has 1 N–H and O–H groups in total. The zero-order valence-electron chi connectivity index (χ0n) is 18.7. The number of nitrogens with zero attached hydrogens (tertiary/aromatic N) is 2. The van der Waals surface area contributed by atoms with E-state index in [2.05, 4.69) is 22.4 Å². The fourth-order valence-corrected chi connectivity index (χ4v) is 3.85. The standard InChI is InChI=1S/C27H27N3O3/c1-33-27(32)19-30-24-11-6-5-10-23(24)29-25(30)12-7-17-28-26(31)18-20-13-15-22(16-14-20)21-8-3-2-4-9-21/h2-6,8-11,13-16H,7,12,17-19H2,1H3,(H,28,31).